The maximum absolute atomic E-state index is 13.4. The molecule has 2 unspecified atom stereocenters. The number of aromatic hydroxyl groups is 1. The molecule has 3 aliphatic carbocycles. The lowest BCUT2D eigenvalue weighted by atomic mass is 9.50. The fourth-order valence-corrected chi connectivity index (χ4v) is 5.58. The SMILES string of the molecule is CC(=O)C1C(=O)C[C@@H]2[C@@H](O)[C@H]3C(C(=O)c4c(ccc(C)c4O)[C@@H]3C)C(=O)[C@]2(O)C1=O. The Morgan fingerprint density at radius 3 is 2.37 bits per heavy atom. The molecule has 0 saturated heterocycles. The highest BCUT2D eigenvalue weighted by Crippen LogP contribution is 2.54. The first kappa shape index (κ1) is 20.6. The molecular formula is C22H22O8. The van der Waals surface area contributed by atoms with Crippen molar-refractivity contribution in [2.45, 2.75) is 44.8 Å². The second-order valence-electron chi connectivity index (χ2n) is 8.71. The molecule has 1 aromatic carbocycles. The molecular weight excluding hydrogens is 392 g/mol. The van der Waals surface area contributed by atoms with E-state index < -0.39 is 76.6 Å². The topological polar surface area (TPSA) is 146 Å². The third kappa shape index (κ3) is 2.31. The highest BCUT2D eigenvalue weighted by molar-refractivity contribution is 6.31. The van der Waals surface area contributed by atoms with E-state index in [1.165, 1.54) is 0 Å². The van der Waals surface area contributed by atoms with Crippen molar-refractivity contribution in [2.24, 2.45) is 23.7 Å². The molecule has 0 heterocycles. The van der Waals surface area contributed by atoms with Gasteiger partial charge in [0.1, 0.15) is 17.5 Å². The molecule has 7 atom stereocenters. The normalized spacial score (nSPS) is 38.0. The molecule has 0 bridgehead atoms. The predicted octanol–water partition coefficient (Wildman–Crippen LogP) is 0.271. The average Bonchev–Trinajstić information content (AvgIpc) is 2.67. The third-order valence-electron chi connectivity index (χ3n) is 7.18. The van der Waals surface area contributed by atoms with Gasteiger partial charge in [-0.2, -0.15) is 0 Å². The summed E-state index contributed by atoms with van der Waals surface area (Å²) in [5, 5.41) is 32.7. The Balaban J connectivity index is 1.91. The molecule has 8 heteroatoms. The first-order chi connectivity index (χ1) is 13.9. The minimum atomic E-state index is -2.81. The van der Waals surface area contributed by atoms with E-state index in [1.807, 2.05) is 0 Å². The molecule has 0 radical (unpaired) electrons. The van der Waals surface area contributed by atoms with Crippen molar-refractivity contribution in [3.05, 3.63) is 28.8 Å². The summed E-state index contributed by atoms with van der Waals surface area (Å²) in [6, 6.07) is 3.26. The van der Waals surface area contributed by atoms with Gasteiger partial charge in [0.05, 0.1) is 17.6 Å². The summed E-state index contributed by atoms with van der Waals surface area (Å²) in [4.78, 5) is 63.9. The van der Waals surface area contributed by atoms with Crippen molar-refractivity contribution >= 4 is 28.9 Å². The summed E-state index contributed by atoms with van der Waals surface area (Å²) < 4.78 is 0. The number of hydrogen-bond donors (Lipinski definition) is 3. The number of aliphatic hydroxyl groups excluding tert-OH is 1. The number of carbonyl (C=O) groups is 5. The van der Waals surface area contributed by atoms with E-state index in [2.05, 4.69) is 0 Å². The molecule has 0 spiro atoms. The second kappa shape index (κ2) is 6.39. The van der Waals surface area contributed by atoms with Gasteiger partial charge in [0.25, 0.3) is 0 Å². The lowest BCUT2D eigenvalue weighted by Crippen LogP contribution is -2.72. The quantitative estimate of drug-likeness (QED) is 0.555. The van der Waals surface area contributed by atoms with Gasteiger partial charge in [0, 0.05) is 18.3 Å². The van der Waals surface area contributed by atoms with Gasteiger partial charge >= 0.3 is 0 Å². The van der Waals surface area contributed by atoms with E-state index in [0.29, 0.717) is 11.1 Å². The standard InChI is InChI=1S/C22H22O8/c1-7-4-5-10-8(2)13-16(19(27)15(10)17(7)25)21(29)22(30)11(18(13)26)6-12(24)14(9(3)23)20(22)28/h4-5,8,11,13-14,16,18,25-26,30H,6H2,1-3H3/t8-,11+,13+,14?,16?,18+,22+/m0/s1. The third-order valence-corrected chi connectivity index (χ3v) is 7.18. The van der Waals surface area contributed by atoms with E-state index in [4.69, 9.17) is 0 Å². The van der Waals surface area contributed by atoms with Crippen LogP contribution in [-0.4, -0.2) is 55.9 Å². The number of aryl methyl sites for hydroxylation is 1. The first-order valence-corrected chi connectivity index (χ1v) is 9.83. The number of hydrogen-bond acceptors (Lipinski definition) is 8. The highest BCUT2D eigenvalue weighted by atomic mass is 16.3. The molecule has 158 valence electrons. The molecule has 8 nitrogen and oxygen atoms in total. The molecule has 3 aliphatic rings. The van der Waals surface area contributed by atoms with Crippen LogP contribution in [0.3, 0.4) is 0 Å². The van der Waals surface area contributed by atoms with Crippen molar-refractivity contribution in [2.75, 3.05) is 0 Å². The Morgan fingerprint density at radius 2 is 1.77 bits per heavy atom. The minimum Gasteiger partial charge on any atom is -0.507 e. The summed E-state index contributed by atoms with van der Waals surface area (Å²) >= 11 is 0. The molecule has 2 fully saturated rings. The van der Waals surface area contributed by atoms with Gasteiger partial charge in [0.15, 0.2) is 28.7 Å². The van der Waals surface area contributed by atoms with Crippen LogP contribution < -0.4 is 0 Å². The largest absolute Gasteiger partial charge is 0.507 e. The Morgan fingerprint density at radius 1 is 1.13 bits per heavy atom. The number of aliphatic hydroxyl groups is 2. The maximum Gasteiger partial charge on any atom is 0.190 e. The Hall–Kier alpha value is -2.71. The van der Waals surface area contributed by atoms with E-state index in [0.717, 1.165) is 6.92 Å². The summed E-state index contributed by atoms with van der Waals surface area (Å²) in [5.41, 5.74) is -1.99. The molecule has 0 aromatic heterocycles. The fourth-order valence-electron chi connectivity index (χ4n) is 5.58. The molecule has 3 N–H and O–H groups in total. The number of Topliss-reactive ketones (excluding diaryl/α,β-unsaturated/α-hetero) is 5. The number of fused-ring (bicyclic) bond motifs is 3. The van der Waals surface area contributed by atoms with Crippen LogP contribution >= 0.6 is 0 Å². The number of phenols is 1. The first-order valence-electron chi connectivity index (χ1n) is 9.83. The molecule has 0 aliphatic heterocycles. The van der Waals surface area contributed by atoms with E-state index in [9.17, 15) is 39.3 Å². The minimum absolute atomic E-state index is 0.0613. The van der Waals surface area contributed by atoms with Crippen LogP contribution in [0, 0.1) is 30.6 Å². The summed E-state index contributed by atoms with van der Waals surface area (Å²) in [6.07, 6.45) is -2.02. The molecule has 4 rings (SSSR count). The Labute approximate surface area is 171 Å². The number of phenolic OH excluding ortho intramolecular Hbond substituents is 1. The number of benzene rings is 1. The van der Waals surface area contributed by atoms with Gasteiger partial charge in [-0.15, -0.1) is 0 Å². The highest BCUT2D eigenvalue weighted by Gasteiger charge is 2.69. The molecule has 30 heavy (non-hydrogen) atoms. The van der Waals surface area contributed by atoms with Crippen LogP contribution in [0.2, 0.25) is 0 Å². The van der Waals surface area contributed by atoms with Crippen molar-refractivity contribution in [1.29, 1.82) is 0 Å². The number of rotatable bonds is 1. The van der Waals surface area contributed by atoms with Gasteiger partial charge in [0.2, 0.25) is 0 Å². The van der Waals surface area contributed by atoms with Crippen LogP contribution in [0.5, 0.6) is 5.75 Å². The van der Waals surface area contributed by atoms with Crippen LogP contribution in [0.15, 0.2) is 12.1 Å². The smallest absolute Gasteiger partial charge is 0.190 e. The molecule has 0 amide bonds. The zero-order valence-corrected chi connectivity index (χ0v) is 16.7. The number of carbonyl (C=O) groups excluding carboxylic acids is 5. The van der Waals surface area contributed by atoms with Crippen molar-refractivity contribution in [3.63, 3.8) is 0 Å². The van der Waals surface area contributed by atoms with Crippen LogP contribution in [0.4, 0.5) is 0 Å². The Kier molecular flexibility index (Phi) is 4.38. The average molecular weight is 414 g/mol. The second-order valence-corrected chi connectivity index (χ2v) is 8.71. The van der Waals surface area contributed by atoms with Crippen molar-refractivity contribution < 1.29 is 39.3 Å². The lowest BCUT2D eigenvalue weighted by molar-refractivity contribution is -0.189. The van der Waals surface area contributed by atoms with Crippen LogP contribution in [0.1, 0.15) is 47.7 Å². The van der Waals surface area contributed by atoms with E-state index in [1.54, 1.807) is 26.0 Å². The van der Waals surface area contributed by atoms with Gasteiger partial charge in [-0.05, 0) is 30.9 Å². The summed E-state index contributed by atoms with van der Waals surface area (Å²) in [6.45, 7) is 4.29. The molecule has 2 saturated carbocycles. The molecule has 1 aromatic rings. The number of ketones is 5. The lowest BCUT2D eigenvalue weighted by Gasteiger charge is -2.53. The zero-order valence-electron chi connectivity index (χ0n) is 16.7. The van der Waals surface area contributed by atoms with Crippen molar-refractivity contribution in [1.82, 2.24) is 0 Å². The van der Waals surface area contributed by atoms with Gasteiger partial charge < -0.3 is 15.3 Å². The van der Waals surface area contributed by atoms with E-state index >= 15 is 0 Å². The van der Waals surface area contributed by atoms with E-state index in [-0.39, 0.29) is 11.3 Å². The maximum atomic E-state index is 13.4. The predicted molar refractivity (Wildman–Crippen MR) is 101 cm³/mol. The summed E-state index contributed by atoms with van der Waals surface area (Å²) in [5.74, 6) is -11.3. The summed E-state index contributed by atoms with van der Waals surface area (Å²) in [7, 11) is 0. The van der Waals surface area contributed by atoms with Crippen molar-refractivity contribution in [3.8, 4) is 5.75 Å². The van der Waals surface area contributed by atoms with Gasteiger partial charge in [-0.25, -0.2) is 0 Å². The Bertz CT molecular complexity index is 1040. The monoisotopic (exact) mass is 414 g/mol. The zero-order chi connectivity index (χ0) is 22.3. The van der Waals surface area contributed by atoms with Gasteiger partial charge in [-0.1, -0.05) is 19.1 Å². The van der Waals surface area contributed by atoms with Crippen LogP contribution in [-0.2, 0) is 19.2 Å². The van der Waals surface area contributed by atoms with Crippen LogP contribution in [0.25, 0.3) is 0 Å². The van der Waals surface area contributed by atoms with Gasteiger partial charge in [-0.3, -0.25) is 24.0 Å². The fraction of sp³-hybridized carbons (Fsp3) is 0.500.